The molecule has 0 fully saturated rings. The van der Waals surface area contributed by atoms with Gasteiger partial charge in [-0.25, -0.2) is 15.8 Å². The van der Waals surface area contributed by atoms with Gasteiger partial charge < -0.3 is 20.6 Å². The molecular formula is C12H23N5O2. The van der Waals surface area contributed by atoms with Crippen LogP contribution in [0.1, 0.15) is 27.2 Å². The van der Waals surface area contributed by atoms with E-state index in [1.54, 1.807) is 0 Å². The molecule has 7 nitrogen and oxygen atoms in total. The number of nitrogen functional groups attached to an aromatic ring is 1. The first-order valence-electron chi connectivity index (χ1n) is 6.17. The molecule has 108 valence electrons. The number of rotatable bonds is 6. The van der Waals surface area contributed by atoms with E-state index >= 15 is 0 Å². The number of nitrogens with one attached hydrogen (secondary N) is 2. The fourth-order valence-corrected chi connectivity index (χ4v) is 1.79. The number of hydrogen-bond acceptors (Lipinski definition) is 7. The van der Waals surface area contributed by atoms with Gasteiger partial charge in [0.25, 0.3) is 0 Å². The lowest BCUT2D eigenvalue weighted by Crippen LogP contribution is -2.35. The molecule has 1 aromatic heterocycles. The average Bonchev–Trinajstić information content (AvgIpc) is 2.36. The second-order valence-corrected chi connectivity index (χ2v) is 5.32. The summed E-state index contributed by atoms with van der Waals surface area (Å²) in [5.74, 6) is 6.81. The molecule has 19 heavy (non-hydrogen) atoms. The number of ether oxygens (including phenoxy) is 1. The molecule has 0 aromatic carbocycles. The van der Waals surface area contributed by atoms with E-state index in [1.165, 1.54) is 13.4 Å². The van der Waals surface area contributed by atoms with Crippen molar-refractivity contribution in [3.05, 3.63) is 6.33 Å². The lowest BCUT2D eigenvalue weighted by atomic mass is 9.85. The third-order valence-electron chi connectivity index (χ3n) is 2.92. The van der Waals surface area contributed by atoms with Gasteiger partial charge >= 0.3 is 0 Å². The summed E-state index contributed by atoms with van der Waals surface area (Å²) < 4.78 is 5.27. The molecule has 0 spiro atoms. The lowest BCUT2D eigenvalue weighted by molar-refractivity contribution is 0.234. The van der Waals surface area contributed by atoms with Crippen molar-refractivity contribution in [2.45, 2.75) is 33.2 Å². The highest BCUT2D eigenvalue weighted by atomic mass is 16.5. The Morgan fingerprint density at radius 1 is 1.37 bits per heavy atom. The molecule has 1 unspecified atom stereocenters. The molecule has 1 atom stereocenters. The van der Waals surface area contributed by atoms with E-state index in [0.717, 1.165) is 0 Å². The zero-order valence-electron chi connectivity index (χ0n) is 11.9. The van der Waals surface area contributed by atoms with Crippen LogP contribution in [0.2, 0.25) is 0 Å². The van der Waals surface area contributed by atoms with Gasteiger partial charge in [0.1, 0.15) is 6.33 Å². The Morgan fingerprint density at radius 2 is 2.00 bits per heavy atom. The van der Waals surface area contributed by atoms with Crippen molar-refractivity contribution in [1.82, 2.24) is 9.97 Å². The molecule has 1 aromatic rings. The highest BCUT2D eigenvalue weighted by molar-refractivity contribution is 5.63. The van der Waals surface area contributed by atoms with E-state index in [0.29, 0.717) is 23.8 Å². The predicted octanol–water partition coefficient (Wildman–Crippen LogP) is 0.980. The number of hydrogen-bond donors (Lipinski definition) is 4. The number of aromatic nitrogens is 2. The molecule has 0 saturated carbocycles. The number of anilines is 2. The second kappa shape index (κ2) is 6.53. The van der Waals surface area contributed by atoms with Gasteiger partial charge in [0.2, 0.25) is 5.75 Å². The molecule has 0 bridgehead atoms. The van der Waals surface area contributed by atoms with E-state index in [9.17, 15) is 0 Å². The number of nitrogens with two attached hydrogens (primary N) is 1. The summed E-state index contributed by atoms with van der Waals surface area (Å²) >= 11 is 0. The highest BCUT2D eigenvalue weighted by Crippen LogP contribution is 2.32. The van der Waals surface area contributed by atoms with Gasteiger partial charge in [0, 0.05) is 12.6 Å². The van der Waals surface area contributed by atoms with E-state index in [2.05, 4.69) is 41.5 Å². The zero-order chi connectivity index (χ0) is 14.5. The molecule has 0 aliphatic heterocycles. The van der Waals surface area contributed by atoms with E-state index in [1.807, 2.05) is 0 Å². The van der Waals surface area contributed by atoms with E-state index < -0.39 is 0 Å². The smallest absolute Gasteiger partial charge is 0.205 e. The largest absolute Gasteiger partial charge is 0.490 e. The van der Waals surface area contributed by atoms with Crippen molar-refractivity contribution in [3.63, 3.8) is 0 Å². The molecular weight excluding hydrogens is 246 g/mol. The number of hydrazine groups is 1. The molecule has 1 rings (SSSR count). The van der Waals surface area contributed by atoms with Gasteiger partial charge in [0.15, 0.2) is 11.6 Å². The maximum Gasteiger partial charge on any atom is 0.205 e. The van der Waals surface area contributed by atoms with Gasteiger partial charge in [0.05, 0.1) is 7.11 Å². The van der Waals surface area contributed by atoms with Crippen LogP contribution in [0.15, 0.2) is 6.33 Å². The molecule has 0 aliphatic rings. The van der Waals surface area contributed by atoms with Gasteiger partial charge in [-0.1, -0.05) is 20.8 Å². The van der Waals surface area contributed by atoms with Crippen LogP contribution in [-0.2, 0) is 0 Å². The molecule has 0 amide bonds. The lowest BCUT2D eigenvalue weighted by Gasteiger charge is -2.32. The molecule has 0 radical (unpaired) electrons. The minimum atomic E-state index is -0.0327. The van der Waals surface area contributed by atoms with Crippen molar-refractivity contribution in [2.24, 2.45) is 11.3 Å². The van der Waals surface area contributed by atoms with Crippen molar-refractivity contribution in [2.75, 3.05) is 24.5 Å². The summed E-state index contributed by atoms with van der Waals surface area (Å²) in [6, 6.07) is 0.0481. The first-order valence-corrected chi connectivity index (χ1v) is 6.17. The van der Waals surface area contributed by atoms with Crippen LogP contribution in [0.5, 0.6) is 5.75 Å². The number of methoxy groups -OCH3 is 1. The first kappa shape index (κ1) is 15.5. The average molecular weight is 269 g/mol. The first-order chi connectivity index (χ1) is 8.93. The fraction of sp³-hybridized carbons (Fsp3) is 0.667. The highest BCUT2D eigenvalue weighted by Gasteiger charge is 2.26. The third kappa shape index (κ3) is 3.93. The van der Waals surface area contributed by atoms with Crippen LogP contribution in [0.4, 0.5) is 11.6 Å². The monoisotopic (exact) mass is 269 g/mol. The molecule has 7 heteroatoms. The SMILES string of the molecule is COc1c(NN)ncnc1NC(CCO)C(C)(C)C. The maximum absolute atomic E-state index is 9.17. The Balaban J connectivity index is 3.02. The van der Waals surface area contributed by atoms with Crippen molar-refractivity contribution in [3.8, 4) is 5.75 Å². The van der Waals surface area contributed by atoms with Crippen molar-refractivity contribution in [1.29, 1.82) is 0 Å². The number of nitrogens with zero attached hydrogens (tertiary/aromatic N) is 2. The third-order valence-corrected chi connectivity index (χ3v) is 2.92. The zero-order valence-corrected chi connectivity index (χ0v) is 11.9. The summed E-state index contributed by atoms with van der Waals surface area (Å²) in [6.07, 6.45) is 2.01. The molecule has 1 heterocycles. The van der Waals surface area contributed by atoms with Crippen LogP contribution < -0.4 is 21.3 Å². The summed E-state index contributed by atoms with van der Waals surface area (Å²) in [6.45, 7) is 6.38. The topological polar surface area (TPSA) is 105 Å². The minimum absolute atomic E-state index is 0.0327. The fourth-order valence-electron chi connectivity index (χ4n) is 1.79. The Kier molecular flexibility index (Phi) is 5.31. The molecule has 5 N–H and O–H groups in total. The van der Waals surface area contributed by atoms with Crippen LogP contribution in [-0.4, -0.2) is 34.8 Å². The van der Waals surface area contributed by atoms with Gasteiger partial charge in [-0.15, -0.1) is 0 Å². The van der Waals surface area contributed by atoms with Crippen molar-refractivity contribution < 1.29 is 9.84 Å². The van der Waals surface area contributed by atoms with Crippen LogP contribution in [0.3, 0.4) is 0 Å². The Hall–Kier alpha value is -1.60. The summed E-state index contributed by atoms with van der Waals surface area (Å²) in [7, 11) is 1.53. The molecule has 0 saturated heterocycles. The minimum Gasteiger partial charge on any atom is -0.490 e. The summed E-state index contributed by atoms with van der Waals surface area (Å²) in [5.41, 5.74) is 2.43. The Labute approximate surface area is 113 Å². The van der Waals surface area contributed by atoms with Gasteiger partial charge in [-0.2, -0.15) is 0 Å². The van der Waals surface area contributed by atoms with Crippen molar-refractivity contribution >= 4 is 11.6 Å². The summed E-state index contributed by atoms with van der Waals surface area (Å²) in [4.78, 5) is 8.15. The number of aliphatic hydroxyl groups excluding tert-OH is 1. The second-order valence-electron chi connectivity index (χ2n) is 5.32. The maximum atomic E-state index is 9.17. The Bertz CT molecular complexity index is 406. The van der Waals surface area contributed by atoms with Gasteiger partial charge in [-0.05, 0) is 11.8 Å². The Morgan fingerprint density at radius 3 is 2.47 bits per heavy atom. The normalized spacial score (nSPS) is 12.9. The van der Waals surface area contributed by atoms with Crippen LogP contribution in [0, 0.1) is 5.41 Å². The summed E-state index contributed by atoms with van der Waals surface area (Å²) in [5, 5.41) is 12.5. The van der Waals surface area contributed by atoms with Crippen LogP contribution in [0.25, 0.3) is 0 Å². The standard InChI is InChI=1S/C12H23N5O2/c1-12(2,3)8(5-6-18)16-10-9(19-4)11(17-13)15-7-14-10/h7-8,18H,5-6,13H2,1-4H3,(H2,14,15,16,17). The number of aliphatic hydroxyl groups is 1. The van der Waals surface area contributed by atoms with Gasteiger partial charge in [-0.3, -0.25) is 0 Å². The quantitative estimate of drug-likeness (QED) is 0.450. The molecule has 0 aliphatic carbocycles. The van der Waals surface area contributed by atoms with E-state index in [-0.39, 0.29) is 18.1 Å². The van der Waals surface area contributed by atoms with E-state index in [4.69, 9.17) is 15.7 Å². The van der Waals surface area contributed by atoms with Crippen LogP contribution >= 0.6 is 0 Å². The predicted molar refractivity (Wildman–Crippen MR) is 75.0 cm³/mol.